The normalized spacial score (nSPS) is 10.2. The van der Waals surface area contributed by atoms with Crippen molar-refractivity contribution in [1.29, 1.82) is 0 Å². The van der Waals surface area contributed by atoms with Crippen LogP contribution in [-0.2, 0) is 6.54 Å². The molecule has 0 spiro atoms. The van der Waals surface area contributed by atoms with Crippen molar-refractivity contribution in [1.82, 2.24) is 9.97 Å². The number of anilines is 2. The first-order valence-electron chi connectivity index (χ1n) is 5.43. The van der Waals surface area contributed by atoms with Gasteiger partial charge in [0.1, 0.15) is 11.6 Å². The SMILES string of the molecule is CN(Cc1cccc(F)c1)c1cncc(NN)n1. The molecule has 0 fully saturated rings. The van der Waals surface area contributed by atoms with Crippen molar-refractivity contribution >= 4 is 11.6 Å². The van der Waals surface area contributed by atoms with E-state index in [4.69, 9.17) is 5.84 Å². The van der Waals surface area contributed by atoms with Crippen LogP contribution in [0, 0.1) is 5.82 Å². The van der Waals surface area contributed by atoms with Crippen LogP contribution in [0.4, 0.5) is 16.0 Å². The number of hydrogen-bond acceptors (Lipinski definition) is 5. The topological polar surface area (TPSA) is 67.1 Å². The minimum absolute atomic E-state index is 0.246. The zero-order valence-corrected chi connectivity index (χ0v) is 9.97. The third kappa shape index (κ3) is 2.92. The third-order valence-corrected chi connectivity index (χ3v) is 2.47. The van der Waals surface area contributed by atoms with E-state index < -0.39 is 0 Å². The molecule has 0 unspecified atom stereocenters. The van der Waals surface area contributed by atoms with Gasteiger partial charge < -0.3 is 10.3 Å². The maximum atomic E-state index is 13.1. The van der Waals surface area contributed by atoms with Gasteiger partial charge in [-0.25, -0.2) is 15.2 Å². The van der Waals surface area contributed by atoms with E-state index in [0.717, 1.165) is 5.56 Å². The predicted octanol–water partition coefficient (Wildman–Crippen LogP) is 1.54. The Morgan fingerprint density at radius 2 is 2.22 bits per heavy atom. The van der Waals surface area contributed by atoms with Gasteiger partial charge in [-0.1, -0.05) is 12.1 Å². The summed E-state index contributed by atoms with van der Waals surface area (Å²) in [6, 6.07) is 6.46. The molecule has 0 amide bonds. The van der Waals surface area contributed by atoms with Gasteiger partial charge in [-0.2, -0.15) is 0 Å². The lowest BCUT2D eigenvalue weighted by molar-refractivity contribution is 0.625. The van der Waals surface area contributed by atoms with Gasteiger partial charge in [-0.05, 0) is 17.7 Å². The molecule has 2 aromatic rings. The second-order valence-electron chi connectivity index (χ2n) is 3.89. The summed E-state index contributed by atoms with van der Waals surface area (Å²) >= 11 is 0. The second-order valence-corrected chi connectivity index (χ2v) is 3.89. The van der Waals surface area contributed by atoms with Gasteiger partial charge in [0.15, 0.2) is 5.82 Å². The van der Waals surface area contributed by atoms with E-state index in [9.17, 15) is 4.39 Å². The molecular weight excluding hydrogens is 233 g/mol. The fourth-order valence-corrected chi connectivity index (χ4v) is 1.60. The van der Waals surface area contributed by atoms with Crippen molar-refractivity contribution in [3.05, 3.63) is 48.0 Å². The number of hydrogen-bond donors (Lipinski definition) is 2. The van der Waals surface area contributed by atoms with Gasteiger partial charge in [0.05, 0.1) is 12.4 Å². The van der Waals surface area contributed by atoms with Crippen molar-refractivity contribution in [2.75, 3.05) is 17.4 Å². The summed E-state index contributed by atoms with van der Waals surface area (Å²) in [6.45, 7) is 0.542. The van der Waals surface area contributed by atoms with E-state index >= 15 is 0 Å². The highest BCUT2D eigenvalue weighted by Crippen LogP contribution is 2.14. The molecule has 0 aliphatic heterocycles. The van der Waals surface area contributed by atoms with Gasteiger partial charge in [0.2, 0.25) is 0 Å². The Hall–Kier alpha value is -2.21. The quantitative estimate of drug-likeness (QED) is 0.633. The molecule has 2 rings (SSSR count). The molecule has 18 heavy (non-hydrogen) atoms. The highest BCUT2D eigenvalue weighted by atomic mass is 19.1. The molecular formula is C12H14FN5. The Bertz CT molecular complexity index is 531. The lowest BCUT2D eigenvalue weighted by Crippen LogP contribution is -2.19. The summed E-state index contributed by atoms with van der Waals surface area (Å²) in [7, 11) is 1.86. The number of hydrazine groups is 1. The van der Waals surface area contributed by atoms with Crippen LogP contribution in [0.25, 0.3) is 0 Å². The number of aromatic nitrogens is 2. The van der Waals surface area contributed by atoms with Gasteiger partial charge in [-0.15, -0.1) is 0 Å². The molecule has 0 aliphatic carbocycles. The van der Waals surface area contributed by atoms with E-state index in [2.05, 4.69) is 15.4 Å². The third-order valence-electron chi connectivity index (χ3n) is 2.47. The summed E-state index contributed by atoms with van der Waals surface area (Å²) in [5.74, 6) is 6.17. The Balaban J connectivity index is 2.13. The lowest BCUT2D eigenvalue weighted by Gasteiger charge is -2.18. The summed E-state index contributed by atoms with van der Waals surface area (Å²) in [5.41, 5.74) is 3.30. The van der Waals surface area contributed by atoms with Crippen molar-refractivity contribution < 1.29 is 4.39 Å². The van der Waals surface area contributed by atoms with Gasteiger partial charge >= 0.3 is 0 Å². The Labute approximate surface area is 104 Å². The van der Waals surface area contributed by atoms with Crippen LogP contribution in [-0.4, -0.2) is 17.0 Å². The molecule has 0 aliphatic rings. The molecule has 0 bridgehead atoms. The van der Waals surface area contributed by atoms with Crippen molar-refractivity contribution in [2.45, 2.75) is 6.54 Å². The van der Waals surface area contributed by atoms with E-state index in [-0.39, 0.29) is 5.82 Å². The lowest BCUT2D eigenvalue weighted by atomic mass is 10.2. The van der Waals surface area contributed by atoms with Crippen LogP contribution in [0.2, 0.25) is 0 Å². The molecule has 5 nitrogen and oxygen atoms in total. The molecule has 1 heterocycles. The van der Waals surface area contributed by atoms with Crippen LogP contribution in [0.5, 0.6) is 0 Å². The van der Waals surface area contributed by atoms with Crippen molar-refractivity contribution in [2.24, 2.45) is 5.84 Å². The smallest absolute Gasteiger partial charge is 0.160 e. The summed E-state index contributed by atoms with van der Waals surface area (Å²) < 4.78 is 13.1. The zero-order chi connectivity index (χ0) is 13.0. The van der Waals surface area contributed by atoms with E-state index in [1.54, 1.807) is 12.3 Å². The Kier molecular flexibility index (Phi) is 3.69. The van der Waals surface area contributed by atoms with Crippen LogP contribution in [0.15, 0.2) is 36.7 Å². The number of halogens is 1. The average molecular weight is 247 g/mol. The molecule has 0 saturated heterocycles. The zero-order valence-electron chi connectivity index (χ0n) is 9.97. The van der Waals surface area contributed by atoms with Gasteiger partial charge in [0, 0.05) is 13.6 Å². The largest absolute Gasteiger partial charge is 0.354 e. The number of nitrogen functional groups attached to an aromatic ring is 1. The standard InChI is InChI=1S/C12H14FN5/c1-18(8-9-3-2-4-10(13)5-9)12-7-15-6-11(16-12)17-14/h2-7H,8,14H2,1H3,(H,16,17). The predicted molar refractivity (Wildman–Crippen MR) is 68.3 cm³/mol. The van der Waals surface area contributed by atoms with E-state index in [0.29, 0.717) is 18.2 Å². The minimum atomic E-state index is -0.246. The Morgan fingerprint density at radius 1 is 1.39 bits per heavy atom. The molecule has 94 valence electrons. The van der Waals surface area contributed by atoms with Gasteiger partial charge in [-0.3, -0.25) is 4.98 Å². The summed E-state index contributed by atoms with van der Waals surface area (Å²) in [4.78, 5) is 10.1. The fourth-order valence-electron chi connectivity index (χ4n) is 1.60. The molecule has 1 aromatic heterocycles. The molecule has 6 heteroatoms. The Morgan fingerprint density at radius 3 is 2.94 bits per heavy atom. The number of benzene rings is 1. The number of nitrogens with zero attached hydrogens (tertiary/aromatic N) is 3. The molecule has 1 aromatic carbocycles. The molecule has 3 N–H and O–H groups in total. The minimum Gasteiger partial charge on any atom is -0.354 e. The van der Waals surface area contributed by atoms with Crippen LogP contribution >= 0.6 is 0 Å². The fraction of sp³-hybridized carbons (Fsp3) is 0.167. The average Bonchev–Trinajstić information content (AvgIpc) is 2.39. The maximum absolute atomic E-state index is 13.1. The summed E-state index contributed by atoms with van der Waals surface area (Å²) in [5, 5.41) is 0. The highest BCUT2D eigenvalue weighted by Gasteiger charge is 2.05. The van der Waals surface area contributed by atoms with Crippen molar-refractivity contribution in [3.8, 4) is 0 Å². The molecule has 0 atom stereocenters. The van der Waals surface area contributed by atoms with E-state index in [1.807, 2.05) is 18.0 Å². The maximum Gasteiger partial charge on any atom is 0.160 e. The number of rotatable bonds is 4. The second kappa shape index (κ2) is 5.42. The van der Waals surface area contributed by atoms with Crippen LogP contribution < -0.4 is 16.2 Å². The monoisotopic (exact) mass is 247 g/mol. The molecule has 0 saturated carbocycles. The highest BCUT2D eigenvalue weighted by molar-refractivity contribution is 5.43. The van der Waals surface area contributed by atoms with Gasteiger partial charge in [0.25, 0.3) is 0 Å². The summed E-state index contributed by atoms with van der Waals surface area (Å²) in [6.07, 6.45) is 3.15. The first-order valence-corrected chi connectivity index (χ1v) is 5.43. The number of nitrogens with one attached hydrogen (secondary N) is 1. The number of nitrogens with two attached hydrogens (primary N) is 1. The first-order chi connectivity index (χ1) is 8.69. The van der Waals surface area contributed by atoms with E-state index in [1.165, 1.54) is 18.3 Å². The van der Waals surface area contributed by atoms with Crippen LogP contribution in [0.1, 0.15) is 5.56 Å². The first kappa shape index (κ1) is 12.3. The molecule has 0 radical (unpaired) electrons. The van der Waals surface area contributed by atoms with Crippen LogP contribution in [0.3, 0.4) is 0 Å². The van der Waals surface area contributed by atoms with Crippen molar-refractivity contribution in [3.63, 3.8) is 0 Å².